The van der Waals surface area contributed by atoms with E-state index in [1.165, 1.54) is 0 Å². The number of nitrogens with one attached hydrogen (secondary N) is 1. The molecule has 0 amide bonds. The molecule has 7 aromatic rings. The van der Waals surface area contributed by atoms with Gasteiger partial charge in [0.2, 0.25) is 0 Å². The van der Waals surface area contributed by atoms with E-state index in [4.69, 9.17) is 9.97 Å². The van der Waals surface area contributed by atoms with Crippen LogP contribution in [0.4, 0.5) is 0 Å². The fourth-order valence-electron chi connectivity index (χ4n) is 4.61. The molecule has 7 rings (SSSR count). The lowest BCUT2D eigenvalue weighted by molar-refractivity contribution is 1.33. The van der Waals surface area contributed by atoms with Crippen molar-refractivity contribution in [3.8, 4) is 22.6 Å². The van der Waals surface area contributed by atoms with E-state index in [0.717, 1.165) is 66.3 Å². The molecule has 154 valence electrons. The van der Waals surface area contributed by atoms with Gasteiger partial charge in [-0.15, -0.1) is 0 Å². The maximum absolute atomic E-state index is 5.13. The van der Waals surface area contributed by atoms with Gasteiger partial charge in [0.15, 0.2) is 0 Å². The van der Waals surface area contributed by atoms with Crippen molar-refractivity contribution in [3.05, 3.63) is 103 Å². The van der Waals surface area contributed by atoms with Gasteiger partial charge in [-0.3, -0.25) is 4.98 Å². The molecule has 0 aliphatic heterocycles. The second-order valence-electron chi connectivity index (χ2n) is 8.26. The Balaban J connectivity index is 1.43. The highest BCUT2D eigenvalue weighted by atomic mass is 14.9. The molecule has 4 nitrogen and oxygen atoms in total. The van der Waals surface area contributed by atoms with Gasteiger partial charge >= 0.3 is 0 Å². The number of nitrogens with zero attached hydrogens (tertiary/aromatic N) is 3. The van der Waals surface area contributed by atoms with Crippen molar-refractivity contribution in [1.82, 2.24) is 19.9 Å². The summed E-state index contributed by atoms with van der Waals surface area (Å²) >= 11 is 0. The molecule has 3 heterocycles. The van der Waals surface area contributed by atoms with Crippen LogP contribution in [0, 0.1) is 0 Å². The average molecular weight is 422 g/mol. The highest BCUT2D eigenvalue weighted by molar-refractivity contribution is 6.17. The third-order valence-electron chi connectivity index (χ3n) is 6.23. The third-order valence-corrected chi connectivity index (χ3v) is 6.23. The Morgan fingerprint density at radius 1 is 0.576 bits per heavy atom. The molecule has 0 radical (unpaired) electrons. The number of fused-ring (bicyclic) bond motifs is 6. The molecule has 0 saturated heterocycles. The van der Waals surface area contributed by atoms with Crippen LogP contribution in [0.2, 0.25) is 0 Å². The summed E-state index contributed by atoms with van der Waals surface area (Å²) < 4.78 is 0. The second kappa shape index (κ2) is 6.97. The van der Waals surface area contributed by atoms with E-state index in [2.05, 4.69) is 76.7 Å². The van der Waals surface area contributed by atoms with Crippen LogP contribution >= 0.6 is 0 Å². The second-order valence-corrected chi connectivity index (χ2v) is 8.26. The summed E-state index contributed by atoms with van der Waals surface area (Å²) in [5.41, 5.74) is 6.99. The summed E-state index contributed by atoms with van der Waals surface area (Å²) in [7, 11) is 0. The van der Waals surface area contributed by atoms with Gasteiger partial charge in [-0.2, -0.15) is 0 Å². The van der Waals surface area contributed by atoms with Crippen molar-refractivity contribution < 1.29 is 0 Å². The lowest BCUT2D eigenvalue weighted by atomic mass is 10.0. The summed E-state index contributed by atoms with van der Waals surface area (Å²) in [5, 5.41) is 4.48. The van der Waals surface area contributed by atoms with Gasteiger partial charge in [0.1, 0.15) is 5.82 Å². The van der Waals surface area contributed by atoms with Crippen LogP contribution in [0.3, 0.4) is 0 Å². The zero-order chi connectivity index (χ0) is 21.8. The summed E-state index contributed by atoms with van der Waals surface area (Å²) in [6.07, 6.45) is 1.85. The number of para-hydroxylation sites is 2. The molecular weight excluding hydrogens is 404 g/mol. The first kappa shape index (κ1) is 18.0. The van der Waals surface area contributed by atoms with Gasteiger partial charge in [0.05, 0.1) is 27.8 Å². The monoisotopic (exact) mass is 422 g/mol. The van der Waals surface area contributed by atoms with Crippen LogP contribution in [0.25, 0.3) is 66.3 Å². The molecule has 4 aromatic carbocycles. The number of imidazole rings is 1. The van der Waals surface area contributed by atoms with Crippen LogP contribution in [-0.4, -0.2) is 19.9 Å². The molecule has 33 heavy (non-hydrogen) atoms. The number of benzene rings is 4. The summed E-state index contributed by atoms with van der Waals surface area (Å²) in [5.74, 6) is 0.861. The number of rotatable bonds is 2. The van der Waals surface area contributed by atoms with E-state index >= 15 is 0 Å². The van der Waals surface area contributed by atoms with E-state index < -0.39 is 0 Å². The molecule has 0 fully saturated rings. The van der Waals surface area contributed by atoms with Gasteiger partial charge in [-0.05, 0) is 35.7 Å². The SMILES string of the molecule is c1cc(-c2ccc3ccc4ccc5cccnc5c4c3n2)cc(-c2nc3ccccc3[nH]2)c1. The molecule has 0 aliphatic rings. The normalized spacial score (nSPS) is 11.6. The van der Waals surface area contributed by atoms with Gasteiger partial charge in [0.25, 0.3) is 0 Å². The molecule has 0 bridgehead atoms. The number of H-pyrrole nitrogens is 1. The van der Waals surface area contributed by atoms with E-state index in [1.807, 2.05) is 36.5 Å². The fraction of sp³-hybridized carbons (Fsp3) is 0. The smallest absolute Gasteiger partial charge is 0.138 e. The predicted octanol–water partition coefficient (Wildman–Crippen LogP) is 7.15. The van der Waals surface area contributed by atoms with Gasteiger partial charge in [-0.1, -0.05) is 66.7 Å². The number of pyridine rings is 2. The Labute approximate surface area is 189 Å². The number of hydrogen-bond acceptors (Lipinski definition) is 3. The Morgan fingerprint density at radius 3 is 2.27 bits per heavy atom. The van der Waals surface area contributed by atoms with Gasteiger partial charge < -0.3 is 4.98 Å². The minimum atomic E-state index is 0.861. The lowest BCUT2D eigenvalue weighted by Gasteiger charge is -2.09. The largest absolute Gasteiger partial charge is 0.338 e. The van der Waals surface area contributed by atoms with Crippen molar-refractivity contribution in [2.24, 2.45) is 0 Å². The molecule has 0 saturated carbocycles. The molecule has 0 unspecified atom stereocenters. The first-order chi connectivity index (χ1) is 16.3. The topological polar surface area (TPSA) is 54.5 Å². The Bertz CT molecular complexity index is 1790. The van der Waals surface area contributed by atoms with Crippen molar-refractivity contribution in [1.29, 1.82) is 0 Å². The quantitative estimate of drug-likeness (QED) is 0.301. The maximum Gasteiger partial charge on any atom is 0.138 e. The van der Waals surface area contributed by atoms with Crippen LogP contribution in [0.15, 0.2) is 103 Å². The Kier molecular flexibility index (Phi) is 3.81. The van der Waals surface area contributed by atoms with E-state index in [9.17, 15) is 0 Å². The molecule has 0 aliphatic carbocycles. The van der Waals surface area contributed by atoms with Crippen molar-refractivity contribution in [2.75, 3.05) is 0 Å². The van der Waals surface area contributed by atoms with Crippen LogP contribution < -0.4 is 0 Å². The van der Waals surface area contributed by atoms with Gasteiger partial charge in [0, 0.05) is 33.5 Å². The standard InChI is InChI=1S/C29H18N4/c1-2-9-25-24(8-1)32-29(33-25)22-6-3-5-21(17-22)23-15-14-20-13-11-18-10-12-19-7-4-16-30-27(19)26(18)28(20)31-23/h1-17H,(H,32,33). The van der Waals surface area contributed by atoms with Crippen molar-refractivity contribution >= 4 is 43.6 Å². The summed E-state index contributed by atoms with van der Waals surface area (Å²) in [6, 6.07) is 33.3. The predicted molar refractivity (Wildman–Crippen MR) is 135 cm³/mol. The number of hydrogen-bond donors (Lipinski definition) is 1. The van der Waals surface area contributed by atoms with Crippen molar-refractivity contribution in [3.63, 3.8) is 0 Å². The molecular formula is C29H18N4. The van der Waals surface area contributed by atoms with Gasteiger partial charge in [-0.25, -0.2) is 9.97 Å². The molecule has 3 aromatic heterocycles. The average Bonchev–Trinajstić information content (AvgIpc) is 3.32. The zero-order valence-corrected chi connectivity index (χ0v) is 17.7. The summed E-state index contributed by atoms with van der Waals surface area (Å²) in [6.45, 7) is 0. The number of aromatic amines is 1. The Morgan fingerprint density at radius 2 is 1.36 bits per heavy atom. The first-order valence-corrected chi connectivity index (χ1v) is 11.0. The zero-order valence-electron chi connectivity index (χ0n) is 17.7. The van der Waals surface area contributed by atoms with Crippen LogP contribution in [0.5, 0.6) is 0 Å². The van der Waals surface area contributed by atoms with E-state index in [0.29, 0.717) is 0 Å². The Hall–Kier alpha value is -4.57. The highest BCUT2D eigenvalue weighted by Gasteiger charge is 2.11. The minimum absolute atomic E-state index is 0.861. The van der Waals surface area contributed by atoms with E-state index in [1.54, 1.807) is 0 Å². The molecule has 0 spiro atoms. The lowest BCUT2D eigenvalue weighted by Crippen LogP contribution is -1.90. The molecule has 0 atom stereocenters. The van der Waals surface area contributed by atoms with Crippen LogP contribution in [-0.2, 0) is 0 Å². The molecule has 1 N–H and O–H groups in total. The van der Waals surface area contributed by atoms with E-state index in [-0.39, 0.29) is 0 Å². The maximum atomic E-state index is 5.13. The van der Waals surface area contributed by atoms with Crippen LogP contribution in [0.1, 0.15) is 0 Å². The minimum Gasteiger partial charge on any atom is -0.338 e. The number of aromatic nitrogens is 4. The summed E-state index contributed by atoms with van der Waals surface area (Å²) in [4.78, 5) is 18.0. The highest BCUT2D eigenvalue weighted by Crippen LogP contribution is 2.32. The third kappa shape index (κ3) is 2.88. The fourth-order valence-corrected chi connectivity index (χ4v) is 4.61. The molecule has 4 heteroatoms. The van der Waals surface area contributed by atoms with Crippen molar-refractivity contribution in [2.45, 2.75) is 0 Å². The first-order valence-electron chi connectivity index (χ1n) is 11.0.